The molecule has 1 atom stereocenters. The van der Waals surface area contributed by atoms with Gasteiger partial charge in [-0.25, -0.2) is 0 Å². The third-order valence-electron chi connectivity index (χ3n) is 3.00. The Morgan fingerprint density at radius 1 is 1.47 bits per heavy atom. The zero-order chi connectivity index (χ0) is 12.5. The highest BCUT2D eigenvalue weighted by Crippen LogP contribution is 2.12. The lowest BCUT2D eigenvalue weighted by molar-refractivity contribution is 0.145. The molecule has 0 aromatic heterocycles. The van der Waals surface area contributed by atoms with E-state index in [2.05, 4.69) is 22.6 Å². The van der Waals surface area contributed by atoms with Gasteiger partial charge in [-0.3, -0.25) is 0 Å². The molecule has 100 valence electrons. The van der Waals surface area contributed by atoms with Crippen LogP contribution in [0.15, 0.2) is 0 Å². The lowest BCUT2D eigenvalue weighted by Crippen LogP contribution is -2.39. The summed E-state index contributed by atoms with van der Waals surface area (Å²) in [6.07, 6.45) is 2.28. The molecule has 0 aromatic carbocycles. The SMILES string of the molecule is CCOCCCNC(=S)NCC1CCN(C)C1. The normalized spacial score (nSPS) is 20.5. The fourth-order valence-corrected chi connectivity index (χ4v) is 2.20. The highest BCUT2D eigenvalue weighted by molar-refractivity contribution is 7.80. The Bertz CT molecular complexity index is 226. The third-order valence-corrected chi connectivity index (χ3v) is 3.28. The molecular formula is C12H25N3OS. The first-order valence-corrected chi connectivity index (χ1v) is 6.91. The van der Waals surface area contributed by atoms with Crippen molar-refractivity contribution in [2.24, 2.45) is 5.92 Å². The summed E-state index contributed by atoms with van der Waals surface area (Å²) < 4.78 is 5.26. The molecule has 1 rings (SSSR count). The van der Waals surface area contributed by atoms with E-state index < -0.39 is 0 Å². The summed E-state index contributed by atoms with van der Waals surface area (Å²) in [7, 11) is 2.17. The summed E-state index contributed by atoms with van der Waals surface area (Å²) in [4.78, 5) is 2.37. The van der Waals surface area contributed by atoms with Crippen molar-refractivity contribution in [3.05, 3.63) is 0 Å². The van der Waals surface area contributed by atoms with E-state index in [1.54, 1.807) is 0 Å². The van der Waals surface area contributed by atoms with Crippen LogP contribution in [0.3, 0.4) is 0 Å². The predicted octanol–water partition coefficient (Wildman–Crippen LogP) is 0.829. The Kier molecular flexibility index (Phi) is 7.48. The molecule has 1 aliphatic rings. The van der Waals surface area contributed by atoms with Crippen LogP contribution in [0.1, 0.15) is 19.8 Å². The van der Waals surface area contributed by atoms with Gasteiger partial charge in [-0.2, -0.15) is 0 Å². The van der Waals surface area contributed by atoms with Gasteiger partial charge in [0.25, 0.3) is 0 Å². The van der Waals surface area contributed by atoms with Crippen LogP contribution in [0.5, 0.6) is 0 Å². The van der Waals surface area contributed by atoms with Gasteiger partial charge in [0.1, 0.15) is 0 Å². The maximum atomic E-state index is 5.26. The minimum absolute atomic E-state index is 0.739. The summed E-state index contributed by atoms with van der Waals surface area (Å²) in [6, 6.07) is 0. The van der Waals surface area contributed by atoms with E-state index >= 15 is 0 Å². The number of nitrogens with one attached hydrogen (secondary N) is 2. The number of ether oxygens (including phenoxy) is 1. The van der Waals surface area contributed by atoms with Gasteiger partial charge >= 0.3 is 0 Å². The number of thiocarbonyl (C=S) groups is 1. The van der Waals surface area contributed by atoms with Crippen molar-refractivity contribution in [3.8, 4) is 0 Å². The van der Waals surface area contributed by atoms with Crippen LogP contribution in [-0.4, -0.2) is 56.5 Å². The minimum Gasteiger partial charge on any atom is -0.382 e. The second kappa shape index (κ2) is 8.66. The van der Waals surface area contributed by atoms with Gasteiger partial charge in [0.15, 0.2) is 5.11 Å². The predicted molar refractivity (Wildman–Crippen MR) is 75.3 cm³/mol. The summed E-state index contributed by atoms with van der Waals surface area (Å²) in [6.45, 7) is 7.87. The maximum absolute atomic E-state index is 5.26. The van der Waals surface area contributed by atoms with Crippen molar-refractivity contribution in [3.63, 3.8) is 0 Å². The summed E-state index contributed by atoms with van der Waals surface area (Å²) in [5, 5.41) is 7.27. The summed E-state index contributed by atoms with van der Waals surface area (Å²) in [5.41, 5.74) is 0. The fourth-order valence-electron chi connectivity index (χ4n) is 2.01. The quantitative estimate of drug-likeness (QED) is 0.523. The van der Waals surface area contributed by atoms with Crippen molar-refractivity contribution >= 4 is 17.3 Å². The fraction of sp³-hybridized carbons (Fsp3) is 0.917. The van der Waals surface area contributed by atoms with Gasteiger partial charge in [0.2, 0.25) is 0 Å². The van der Waals surface area contributed by atoms with E-state index in [1.807, 2.05) is 6.92 Å². The molecule has 4 nitrogen and oxygen atoms in total. The Morgan fingerprint density at radius 2 is 2.29 bits per heavy atom. The maximum Gasteiger partial charge on any atom is 0.166 e. The van der Waals surface area contributed by atoms with E-state index in [1.165, 1.54) is 19.5 Å². The van der Waals surface area contributed by atoms with Crippen LogP contribution in [0.25, 0.3) is 0 Å². The smallest absolute Gasteiger partial charge is 0.166 e. The van der Waals surface area contributed by atoms with Crippen LogP contribution in [0.4, 0.5) is 0 Å². The average molecular weight is 259 g/mol. The van der Waals surface area contributed by atoms with Crippen LogP contribution in [0, 0.1) is 5.92 Å². The van der Waals surface area contributed by atoms with Crippen LogP contribution in [0.2, 0.25) is 0 Å². The molecule has 1 saturated heterocycles. The van der Waals surface area contributed by atoms with Crippen molar-refractivity contribution in [2.75, 3.05) is 46.4 Å². The van der Waals surface area contributed by atoms with Gasteiger partial charge in [-0.05, 0) is 51.5 Å². The molecule has 0 aromatic rings. The molecule has 1 unspecified atom stereocenters. The number of hydrogen-bond donors (Lipinski definition) is 2. The minimum atomic E-state index is 0.739. The Hall–Kier alpha value is -0.390. The topological polar surface area (TPSA) is 36.5 Å². The molecule has 0 amide bonds. The van der Waals surface area contributed by atoms with Crippen LogP contribution >= 0.6 is 12.2 Å². The van der Waals surface area contributed by atoms with Gasteiger partial charge < -0.3 is 20.3 Å². The van der Waals surface area contributed by atoms with E-state index in [0.717, 1.165) is 43.8 Å². The van der Waals surface area contributed by atoms with Crippen LogP contribution in [-0.2, 0) is 4.74 Å². The Morgan fingerprint density at radius 3 is 2.94 bits per heavy atom. The van der Waals surface area contributed by atoms with Gasteiger partial charge in [-0.1, -0.05) is 0 Å². The Labute approximate surface area is 110 Å². The van der Waals surface area contributed by atoms with E-state index in [9.17, 15) is 0 Å². The molecule has 2 N–H and O–H groups in total. The molecule has 0 aliphatic carbocycles. The molecule has 0 spiro atoms. The zero-order valence-electron chi connectivity index (χ0n) is 11.0. The molecule has 0 saturated carbocycles. The second-order valence-electron chi connectivity index (χ2n) is 4.60. The molecule has 0 radical (unpaired) electrons. The first kappa shape index (κ1) is 14.7. The number of nitrogens with zero attached hydrogens (tertiary/aromatic N) is 1. The van der Waals surface area contributed by atoms with E-state index in [-0.39, 0.29) is 0 Å². The highest BCUT2D eigenvalue weighted by atomic mass is 32.1. The third kappa shape index (κ3) is 6.81. The molecular weight excluding hydrogens is 234 g/mol. The molecule has 17 heavy (non-hydrogen) atoms. The molecule has 5 heteroatoms. The summed E-state index contributed by atoms with van der Waals surface area (Å²) >= 11 is 5.22. The number of hydrogen-bond acceptors (Lipinski definition) is 3. The molecule has 0 bridgehead atoms. The summed E-state index contributed by atoms with van der Waals surface area (Å²) in [5.74, 6) is 0.739. The van der Waals surface area contributed by atoms with Crippen LogP contribution < -0.4 is 10.6 Å². The standard InChI is InChI=1S/C12H25N3OS/c1-3-16-8-4-6-13-12(17)14-9-11-5-7-15(2)10-11/h11H,3-10H2,1-2H3,(H2,13,14,17). The highest BCUT2D eigenvalue weighted by Gasteiger charge is 2.18. The monoisotopic (exact) mass is 259 g/mol. The molecule has 1 fully saturated rings. The molecule has 1 heterocycles. The van der Waals surface area contributed by atoms with Crippen molar-refractivity contribution < 1.29 is 4.74 Å². The first-order chi connectivity index (χ1) is 8.22. The largest absolute Gasteiger partial charge is 0.382 e. The molecule has 1 aliphatic heterocycles. The number of likely N-dealkylation sites (tertiary alicyclic amines) is 1. The lowest BCUT2D eigenvalue weighted by atomic mass is 10.1. The average Bonchev–Trinajstić information content (AvgIpc) is 2.72. The number of rotatable bonds is 7. The zero-order valence-corrected chi connectivity index (χ0v) is 11.8. The Balaban J connectivity index is 1.94. The van der Waals surface area contributed by atoms with Gasteiger partial charge in [-0.15, -0.1) is 0 Å². The van der Waals surface area contributed by atoms with Crippen molar-refractivity contribution in [1.82, 2.24) is 15.5 Å². The van der Waals surface area contributed by atoms with Crippen molar-refractivity contribution in [2.45, 2.75) is 19.8 Å². The second-order valence-corrected chi connectivity index (χ2v) is 5.01. The van der Waals surface area contributed by atoms with E-state index in [4.69, 9.17) is 17.0 Å². The van der Waals surface area contributed by atoms with Gasteiger partial charge in [0.05, 0.1) is 0 Å². The van der Waals surface area contributed by atoms with Crippen molar-refractivity contribution in [1.29, 1.82) is 0 Å². The van der Waals surface area contributed by atoms with E-state index in [0.29, 0.717) is 0 Å². The lowest BCUT2D eigenvalue weighted by Gasteiger charge is -2.14. The van der Waals surface area contributed by atoms with Gasteiger partial charge in [0, 0.05) is 32.8 Å². The first-order valence-electron chi connectivity index (χ1n) is 6.50.